The molecule has 0 bridgehead atoms. The molecular weight excluding hydrogens is 1930 g/mol. The molecule has 13 aromatic carbocycles. The maximum absolute atomic E-state index is 15.8. The number of carbonyl (C=O) groups excluding carboxylic acids is 13. The fourth-order valence-corrected chi connectivity index (χ4v) is 16.7. The first-order valence-electron chi connectivity index (χ1n) is 47.2. The van der Waals surface area contributed by atoms with Crippen LogP contribution < -0.4 is 0 Å². The lowest BCUT2D eigenvalue weighted by molar-refractivity contribution is -0.371. The van der Waals surface area contributed by atoms with Gasteiger partial charge in [0, 0.05) is 0 Å². The van der Waals surface area contributed by atoms with Gasteiger partial charge in [0.25, 0.3) is 0 Å². The van der Waals surface area contributed by atoms with E-state index >= 15 is 38.4 Å². The van der Waals surface area contributed by atoms with Gasteiger partial charge >= 0.3 is 77.6 Å². The van der Waals surface area contributed by atoms with Gasteiger partial charge in [-0.1, -0.05) is 237 Å². The van der Waals surface area contributed by atoms with Crippen molar-refractivity contribution in [3.63, 3.8) is 0 Å². The second-order valence-electron chi connectivity index (χ2n) is 34.0. The molecule has 13 aromatic rings. The average Bonchev–Trinajstić information content (AvgIpc) is 0.679. The van der Waals surface area contributed by atoms with E-state index in [4.69, 9.17) is 94.7 Å². The largest absolute Gasteiger partial charge is 0.459 e. The van der Waals surface area contributed by atoms with Crippen LogP contribution in [0.4, 0.5) is 0 Å². The summed E-state index contributed by atoms with van der Waals surface area (Å²) in [7, 11) is 0. The van der Waals surface area contributed by atoms with Gasteiger partial charge in [-0.2, -0.15) is 0 Å². The molecule has 4 fully saturated rings. The van der Waals surface area contributed by atoms with Crippen molar-refractivity contribution < 1.29 is 162 Å². The lowest BCUT2D eigenvalue weighted by atomic mass is 9.95. The average molecular weight is 2020 g/mol. The minimum atomic E-state index is -2.46. The van der Waals surface area contributed by atoms with Gasteiger partial charge in [-0.05, 0) is 158 Å². The molecular formula is C115H94O34. The van der Waals surface area contributed by atoms with Crippen LogP contribution in [0.15, 0.2) is 394 Å². The summed E-state index contributed by atoms with van der Waals surface area (Å²) in [6.45, 7) is -4.27. The second kappa shape index (κ2) is 50.0. The number of hydrogen-bond donors (Lipinski definition) is 1. The van der Waals surface area contributed by atoms with Gasteiger partial charge in [0.2, 0.25) is 0 Å². The van der Waals surface area contributed by atoms with Crippen molar-refractivity contribution in [3.05, 3.63) is 467 Å². The van der Waals surface area contributed by atoms with Crippen LogP contribution in [0, 0.1) is 0 Å². The Morgan fingerprint density at radius 1 is 0.168 bits per heavy atom. The predicted molar refractivity (Wildman–Crippen MR) is 519 cm³/mol. The molecule has 0 spiro atoms. The number of aliphatic hydroxyl groups is 1. The van der Waals surface area contributed by atoms with Crippen molar-refractivity contribution in [1.82, 2.24) is 0 Å². The molecule has 1 N–H and O–H groups in total. The van der Waals surface area contributed by atoms with Crippen molar-refractivity contribution in [2.24, 2.45) is 0 Å². The zero-order valence-corrected chi connectivity index (χ0v) is 78.8. The molecule has 0 unspecified atom stereocenters. The Balaban J connectivity index is 0.848. The fraction of sp³-hybridized carbons (Fsp3) is 0.209. The summed E-state index contributed by atoms with van der Waals surface area (Å²) in [6.07, 6.45) is -44.2. The molecule has 4 aliphatic rings. The summed E-state index contributed by atoms with van der Waals surface area (Å²) in [4.78, 5) is 197. The van der Waals surface area contributed by atoms with Crippen molar-refractivity contribution in [2.75, 3.05) is 26.4 Å². The normalized spacial score (nSPS) is 23.2. The summed E-state index contributed by atoms with van der Waals surface area (Å²) in [5, 5.41) is 12.6. The lowest BCUT2D eigenvalue weighted by Gasteiger charge is -2.49. The number of esters is 13. The Kier molecular flexibility index (Phi) is 34.6. The maximum Gasteiger partial charge on any atom is 0.338 e. The van der Waals surface area contributed by atoms with E-state index in [1.165, 1.54) is 303 Å². The number of carbonyl (C=O) groups is 13. The molecule has 0 aliphatic carbocycles. The summed E-state index contributed by atoms with van der Waals surface area (Å²) in [5.74, 6) is -14.8. The standard InChI is InChI=1S/C115H94O34/c116-99(70-40-14-1-15-41-70)130-66-84-88(139-102(119)73-46-20-4-21-47-73)93(144-107(124)78-56-30-9-31-57-78)97(149-115-98(148-111(128)82-64-38-13-39-65-82)94(145-108(125)79-58-32-10-33-59-79)89(140-103(120)74-48-22-5-23-49-74)85(137-115)67-131-100(117)71-42-16-2-17-43-71)114(135-84)133-69-86-90(141-104(121)75-50-24-6-25-51-75)92(143-106(123)77-54-28-8-29-55-77)96(147-110(127)81-62-36-12-37-63-81)113(136-86)132-68-83-87(138-101(118)72-44-18-3-19-45-72)91(142-105(122)76-52-26-7-27-53-76)95(112(129)134-83)146-109(126)80-60-34-11-35-61-80/h1-65,83-98,112-115,129H,66-69H2/t83-,84-,85+,86-,87+,88+,89+,90+,91-,92-,93+,94+,95+,96+,97-,98+,112+,113+,114-,115+/m1/s1. The topological polar surface area (TPSA) is 427 Å². The van der Waals surface area contributed by atoms with Gasteiger partial charge in [0.15, 0.2) is 98.4 Å². The van der Waals surface area contributed by atoms with E-state index in [9.17, 15) is 29.1 Å². The quantitative estimate of drug-likeness (QED) is 0.0281. The van der Waals surface area contributed by atoms with Gasteiger partial charge in [-0.25, -0.2) is 62.3 Å². The van der Waals surface area contributed by atoms with Crippen LogP contribution in [0.5, 0.6) is 0 Å². The molecule has 758 valence electrons. The van der Waals surface area contributed by atoms with Gasteiger partial charge in [-0.3, -0.25) is 0 Å². The van der Waals surface area contributed by atoms with Crippen LogP contribution in [0.2, 0.25) is 0 Å². The van der Waals surface area contributed by atoms with Crippen LogP contribution >= 0.6 is 0 Å². The van der Waals surface area contributed by atoms with E-state index in [2.05, 4.69) is 0 Å². The van der Waals surface area contributed by atoms with Crippen LogP contribution in [-0.4, -0.2) is 232 Å². The first-order chi connectivity index (χ1) is 72.7. The molecule has 4 aliphatic heterocycles. The highest BCUT2D eigenvalue weighted by Gasteiger charge is 2.62. The molecule has 0 saturated carbocycles. The Bertz CT molecular complexity index is 6720. The smallest absolute Gasteiger partial charge is 0.338 e. The van der Waals surface area contributed by atoms with Crippen LogP contribution in [0.3, 0.4) is 0 Å². The first-order valence-corrected chi connectivity index (χ1v) is 47.2. The number of aliphatic hydroxyl groups excluding tert-OH is 1. The minimum Gasteiger partial charge on any atom is -0.459 e. The summed E-state index contributed by atoms with van der Waals surface area (Å²) in [6, 6.07) is 95.8. The molecule has 0 amide bonds. The third-order valence-electron chi connectivity index (χ3n) is 24.1. The summed E-state index contributed by atoms with van der Waals surface area (Å²) in [5.41, 5.74) is -1.51. The zero-order valence-electron chi connectivity index (χ0n) is 78.8. The predicted octanol–water partition coefficient (Wildman–Crippen LogP) is 14.5. The first kappa shape index (κ1) is 103. The van der Waals surface area contributed by atoms with E-state index in [1.54, 1.807) is 91.0 Å². The van der Waals surface area contributed by atoms with Crippen molar-refractivity contribution in [3.8, 4) is 0 Å². The van der Waals surface area contributed by atoms with Crippen LogP contribution in [-0.2, 0) is 94.7 Å². The lowest BCUT2D eigenvalue weighted by Crippen LogP contribution is -2.68. The SMILES string of the molecule is O=C(OC[C@@H]1O[C@@H](O[C@H]2[C@H](OC[C@H]3O[C@H](OC[C@H]4O[C@H](O)[C@@H](OC(=O)c5ccccc5)[C@H](OC(=O)c5ccccc5)[C@H]4OC(=O)c4ccccc4)[C@@H](OC(=O)c4ccccc4)[C@H](OC(=O)c4ccccc4)[C@H]3OC(=O)c3ccccc3)O[C@H](COC(=O)c3ccccc3)[C@H](OC(=O)c3ccccc3)[C@@H]2OC(=O)c2ccccc2)[C@@H](OC(=O)c2ccccc2)[C@@H](OC(=O)c2ccccc2)[C@H]1OC(=O)c1ccccc1)c1ccccc1. The minimum absolute atomic E-state index is 0.0104. The molecule has 34 nitrogen and oxygen atoms in total. The Morgan fingerprint density at radius 3 is 0.550 bits per heavy atom. The van der Waals surface area contributed by atoms with Crippen molar-refractivity contribution in [2.45, 2.75) is 123 Å². The highest BCUT2D eigenvalue weighted by atomic mass is 16.8. The fourth-order valence-electron chi connectivity index (χ4n) is 16.7. The van der Waals surface area contributed by atoms with Crippen molar-refractivity contribution >= 4 is 77.6 Å². The number of hydrogen-bond acceptors (Lipinski definition) is 34. The third kappa shape index (κ3) is 26.3. The van der Waals surface area contributed by atoms with E-state index in [0.717, 1.165) is 0 Å². The Labute approximate surface area is 851 Å². The molecule has 34 heteroatoms. The molecule has 4 saturated heterocycles. The van der Waals surface area contributed by atoms with E-state index in [1.807, 2.05) is 0 Å². The molecule has 149 heavy (non-hydrogen) atoms. The van der Waals surface area contributed by atoms with E-state index < -0.39 is 227 Å². The van der Waals surface area contributed by atoms with Crippen LogP contribution in [0.25, 0.3) is 0 Å². The Morgan fingerprint density at radius 2 is 0.322 bits per heavy atom. The molecule has 0 aromatic heterocycles. The Hall–Kier alpha value is -17.4. The highest BCUT2D eigenvalue weighted by molar-refractivity contribution is 5.96. The van der Waals surface area contributed by atoms with Gasteiger partial charge < -0.3 is 99.8 Å². The molecule has 17 rings (SSSR count). The number of ether oxygens (including phenoxy) is 20. The molecule has 20 atom stereocenters. The monoisotopic (exact) mass is 2020 g/mol. The second-order valence-corrected chi connectivity index (χ2v) is 34.0. The summed E-state index contributed by atoms with van der Waals surface area (Å²) >= 11 is 0. The van der Waals surface area contributed by atoms with Gasteiger partial charge in [0.1, 0.15) is 37.6 Å². The zero-order chi connectivity index (χ0) is 103. The molecule has 4 heterocycles. The molecule has 0 radical (unpaired) electrons. The van der Waals surface area contributed by atoms with Gasteiger partial charge in [-0.15, -0.1) is 0 Å². The van der Waals surface area contributed by atoms with Crippen molar-refractivity contribution in [1.29, 1.82) is 0 Å². The maximum atomic E-state index is 15.8. The number of rotatable bonds is 36. The van der Waals surface area contributed by atoms with Crippen LogP contribution in [0.1, 0.15) is 135 Å². The van der Waals surface area contributed by atoms with Gasteiger partial charge in [0.05, 0.1) is 85.5 Å². The summed E-state index contributed by atoms with van der Waals surface area (Å²) < 4.78 is 133. The van der Waals surface area contributed by atoms with E-state index in [0.29, 0.717) is 0 Å². The number of benzene rings is 13. The van der Waals surface area contributed by atoms with E-state index in [-0.39, 0.29) is 72.3 Å². The highest BCUT2D eigenvalue weighted by Crippen LogP contribution is 2.41. The third-order valence-corrected chi connectivity index (χ3v) is 24.1.